The van der Waals surface area contributed by atoms with E-state index in [0.717, 1.165) is 36.2 Å². The van der Waals surface area contributed by atoms with Crippen LogP contribution in [0.3, 0.4) is 0 Å². The van der Waals surface area contributed by atoms with Gasteiger partial charge in [0, 0.05) is 35.3 Å². The largest absolute Gasteiger partial charge is 0.369 e. The van der Waals surface area contributed by atoms with Gasteiger partial charge in [0.1, 0.15) is 5.82 Å². The Balaban J connectivity index is 1.58. The Labute approximate surface area is 171 Å². The molecule has 8 heteroatoms. The van der Waals surface area contributed by atoms with Crippen molar-refractivity contribution in [3.8, 4) is 22.5 Å². The van der Waals surface area contributed by atoms with E-state index in [1.165, 1.54) is 12.1 Å². The summed E-state index contributed by atoms with van der Waals surface area (Å²) in [7, 11) is 0. The molecular formula is C21H18ClFN6. The van der Waals surface area contributed by atoms with Crippen LogP contribution in [-0.2, 0) is 0 Å². The number of hydrogen-bond acceptors (Lipinski definition) is 5. The Morgan fingerprint density at radius 3 is 2.83 bits per heavy atom. The highest BCUT2D eigenvalue weighted by atomic mass is 35.5. The van der Waals surface area contributed by atoms with Crippen molar-refractivity contribution in [3.63, 3.8) is 0 Å². The second-order valence-corrected chi connectivity index (χ2v) is 7.64. The van der Waals surface area contributed by atoms with E-state index in [-0.39, 0.29) is 11.9 Å². The van der Waals surface area contributed by atoms with Gasteiger partial charge >= 0.3 is 0 Å². The van der Waals surface area contributed by atoms with Gasteiger partial charge in [0.05, 0.1) is 40.5 Å². The minimum Gasteiger partial charge on any atom is -0.369 e. The number of fused-ring (bicyclic) bond motifs is 1. The molecule has 1 atom stereocenters. The molecule has 0 saturated carbocycles. The van der Waals surface area contributed by atoms with Gasteiger partial charge in [-0.05, 0) is 42.8 Å². The van der Waals surface area contributed by atoms with Crippen LogP contribution in [-0.4, -0.2) is 39.3 Å². The number of nitrogens with zero attached hydrogens (tertiary/aromatic N) is 4. The van der Waals surface area contributed by atoms with E-state index in [2.05, 4.69) is 20.1 Å². The second-order valence-electron chi connectivity index (χ2n) is 7.21. The molecule has 29 heavy (non-hydrogen) atoms. The fourth-order valence-electron chi connectivity index (χ4n) is 3.72. The number of aromatic amines is 1. The Morgan fingerprint density at radius 1 is 1.10 bits per heavy atom. The summed E-state index contributed by atoms with van der Waals surface area (Å²) in [5, 5.41) is 7.42. The van der Waals surface area contributed by atoms with Gasteiger partial charge in [0.15, 0.2) is 0 Å². The first-order chi connectivity index (χ1) is 14.1. The summed E-state index contributed by atoms with van der Waals surface area (Å²) in [4.78, 5) is 11.5. The number of benzene rings is 1. The summed E-state index contributed by atoms with van der Waals surface area (Å²) in [6.45, 7) is 1.72. The molecule has 6 nitrogen and oxygen atoms in total. The van der Waals surface area contributed by atoms with Crippen LogP contribution >= 0.6 is 11.6 Å². The van der Waals surface area contributed by atoms with Crippen LogP contribution in [0.4, 0.5) is 10.1 Å². The van der Waals surface area contributed by atoms with Crippen molar-refractivity contribution in [2.24, 2.45) is 5.73 Å². The molecule has 3 aromatic heterocycles. The zero-order valence-corrected chi connectivity index (χ0v) is 16.2. The maximum absolute atomic E-state index is 14.4. The third kappa shape index (κ3) is 3.32. The third-order valence-corrected chi connectivity index (χ3v) is 5.46. The molecule has 1 unspecified atom stereocenters. The van der Waals surface area contributed by atoms with Gasteiger partial charge in [-0.1, -0.05) is 11.6 Å². The monoisotopic (exact) mass is 408 g/mol. The van der Waals surface area contributed by atoms with Crippen LogP contribution in [0.25, 0.3) is 33.5 Å². The van der Waals surface area contributed by atoms with Crippen molar-refractivity contribution in [2.75, 3.05) is 18.0 Å². The number of aromatic nitrogens is 4. The van der Waals surface area contributed by atoms with Crippen molar-refractivity contribution in [3.05, 3.63) is 59.6 Å². The molecule has 0 spiro atoms. The molecule has 0 amide bonds. The fourth-order valence-corrected chi connectivity index (χ4v) is 3.89. The maximum Gasteiger partial charge on any atom is 0.132 e. The first kappa shape index (κ1) is 18.0. The quantitative estimate of drug-likeness (QED) is 0.535. The SMILES string of the molecule is NC1CCN(c2cnc3ccc(-c4cn[nH]c4-c4cc(Cl)ccc4F)nc3c2)C1. The lowest BCUT2D eigenvalue weighted by atomic mass is 10.0. The van der Waals surface area contributed by atoms with E-state index >= 15 is 0 Å². The van der Waals surface area contributed by atoms with Crippen LogP contribution in [0.1, 0.15) is 6.42 Å². The predicted molar refractivity (Wildman–Crippen MR) is 112 cm³/mol. The lowest BCUT2D eigenvalue weighted by Gasteiger charge is -2.17. The van der Waals surface area contributed by atoms with Gasteiger partial charge in [-0.2, -0.15) is 5.10 Å². The normalized spacial score (nSPS) is 16.7. The van der Waals surface area contributed by atoms with Crippen LogP contribution in [0, 0.1) is 5.82 Å². The molecule has 3 N–H and O–H groups in total. The van der Waals surface area contributed by atoms with E-state index in [1.54, 1.807) is 12.3 Å². The zero-order valence-electron chi connectivity index (χ0n) is 15.4. The lowest BCUT2D eigenvalue weighted by Crippen LogP contribution is -2.26. The smallest absolute Gasteiger partial charge is 0.132 e. The molecule has 1 saturated heterocycles. The number of hydrogen-bond donors (Lipinski definition) is 2. The number of pyridine rings is 2. The number of nitrogens with one attached hydrogen (secondary N) is 1. The van der Waals surface area contributed by atoms with Gasteiger partial charge in [-0.25, -0.2) is 9.37 Å². The number of anilines is 1. The molecule has 0 radical (unpaired) electrons. The molecule has 5 rings (SSSR count). The Bertz CT molecular complexity index is 1210. The molecular weight excluding hydrogens is 391 g/mol. The van der Waals surface area contributed by atoms with E-state index in [4.69, 9.17) is 22.3 Å². The van der Waals surface area contributed by atoms with E-state index in [0.29, 0.717) is 27.5 Å². The number of nitrogens with two attached hydrogens (primary N) is 1. The minimum absolute atomic E-state index is 0.186. The highest BCUT2D eigenvalue weighted by molar-refractivity contribution is 6.30. The second kappa shape index (κ2) is 7.09. The van der Waals surface area contributed by atoms with Crippen LogP contribution < -0.4 is 10.6 Å². The van der Waals surface area contributed by atoms with Crippen molar-refractivity contribution >= 4 is 28.3 Å². The number of rotatable bonds is 3. The highest BCUT2D eigenvalue weighted by Crippen LogP contribution is 2.33. The summed E-state index contributed by atoms with van der Waals surface area (Å²) in [6, 6.07) is 10.4. The third-order valence-electron chi connectivity index (χ3n) is 5.23. The van der Waals surface area contributed by atoms with Crippen molar-refractivity contribution in [1.82, 2.24) is 20.2 Å². The Kier molecular flexibility index (Phi) is 4.41. The molecule has 1 fully saturated rings. The Hall–Kier alpha value is -3.03. The number of halogens is 2. The van der Waals surface area contributed by atoms with Crippen LogP contribution in [0.5, 0.6) is 0 Å². The molecule has 4 aromatic rings. The van der Waals surface area contributed by atoms with Gasteiger partial charge in [-0.3, -0.25) is 10.1 Å². The van der Waals surface area contributed by atoms with Gasteiger partial charge in [-0.15, -0.1) is 0 Å². The highest BCUT2D eigenvalue weighted by Gasteiger charge is 2.20. The predicted octanol–water partition coefficient (Wildman–Crippen LogP) is 4.02. The molecule has 0 bridgehead atoms. The summed E-state index contributed by atoms with van der Waals surface area (Å²) in [5.74, 6) is -0.380. The fraction of sp³-hybridized carbons (Fsp3) is 0.190. The molecule has 146 valence electrons. The topological polar surface area (TPSA) is 83.7 Å². The van der Waals surface area contributed by atoms with E-state index < -0.39 is 0 Å². The maximum atomic E-state index is 14.4. The van der Waals surface area contributed by atoms with Crippen LogP contribution in [0.15, 0.2) is 48.8 Å². The van der Waals surface area contributed by atoms with Crippen LogP contribution in [0.2, 0.25) is 5.02 Å². The number of H-pyrrole nitrogens is 1. The van der Waals surface area contributed by atoms with E-state index in [1.807, 2.05) is 24.4 Å². The van der Waals surface area contributed by atoms with E-state index in [9.17, 15) is 4.39 Å². The summed E-state index contributed by atoms with van der Waals surface area (Å²) in [5.41, 5.74) is 10.8. The molecule has 1 aromatic carbocycles. The average Bonchev–Trinajstić information content (AvgIpc) is 3.38. The molecule has 1 aliphatic rings. The first-order valence-electron chi connectivity index (χ1n) is 9.35. The van der Waals surface area contributed by atoms with Crippen molar-refractivity contribution in [1.29, 1.82) is 0 Å². The molecule has 0 aliphatic carbocycles. The Morgan fingerprint density at radius 2 is 2.00 bits per heavy atom. The summed E-state index contributed by atoms with van der Waals surface area (Å²) >= 11 is 6.06. The van der Waals surface area contributed by atoms with Gasteiger partial charge in [0.25, 0.3) is 0 Å². The standard InChI is InChI=1S/C21H18ClFN6/c22-12-1-2-17(23)15(7-12)21-16(10-26-28-21)18-3-4-19-20(27-18)8-14(9-25-19)29-6-5-13(24)11-29/h1-4,7-10,13H,5-6,11,24H2,(H,26,28). The summed E-state index contributed by atoms with van der Waals surface area (Å²) in [6.07, 6.45) is 4.46. The van der Waals surface area contributed by atoms with Crippen molar-refractivity contribution < 1.29 is 4.39 Å². The van der Waals surface area contributed by atoms with Crippen molar-refractivity contribution in [2.45, 2.75) is 12.5 Å². The summed E-state index contributed by atoms with van der Waals surface area (Å²) < 4.78 is 14.4. The van der Waals surface area contributed by atoms with Gasteiger partial charge < -0.3 is 10.6 Å². The average molecular weight is 409 g/mol. The molecule has 1 aliphatic heterocycles. The zero-order chi connectivity index (χ0) is 20.0. The minimum atomic E-state index is -0.380. The lowest BCUT2D eigenvalue weighted by molar-refractivity contribution is 0.630. The first-order valence-corrected chi connectivity index (χ1v) is 9.73. The van der Waals surface area contributed by atoms with Gasteiger partial charge in [0.2, 0.25) is 0 Å². The molecule has 4 heterocycles.